The Morgan fingerprint density at radius 1 is 1.12 bits per heavy atom. The van der Waals surface area contributed by atoms with Gasteiger partial charge in [0.15, 0.2) is 0 Å². The first-order chi connectivity index (χ1) is 11.6. The van der Waals surface area contributed by atoms with Gasteiger partial charge in [0.2, 0.25) is 11.8 Å². The van der Waals surface area contributed by atoms with E-state index in [2.05, 4.69) is 10.6 Å². The van der Waals surface area contributed by atoms with Crippen LogP contribution in [0.4, 0.5) is 4.39 Å². The van der Waals surface area contributed by atoms with Crippen LogP contribution in [0.15, 0.2) is 48.5 Å². The zero-order chi connectivity index (χ0) is 16.9. The summed E-state index contributed by atoms with van der Waals surface area (Å²) < 4.78 is 18.5. The van der Waals surface area contributed by atoms with Crippen molar-refractivity contribution in [2.75, 3.05) is 0 Å². The number of amides is 2. The standard InChI is InChI=1S/C18H17FN2O3/c19-13-3-7-15(8-4-13)24-14-5-1-12(2-6-14)11-20-18(23)16-9-10-17(22)21-16/h1-8,16H,9-11H2,(H,20,23)(H,21,22)/t16-/m0/s1. The van der Waals surface area contributed by atoms with E-state index in [0.29, 0.717) is 30.9 Å². The zero-order valence-corrected chi connectivity index (χ0v) is 12.9. The molecule has 0 aliphatic carbocycles. The third-order valence-electron chi connectivity index (χ3n) is 3.75. The molecule has 0 aromatic heterocycles. The van der Waals surface area contributed by atoms with Crippen LogP contribution in [0.3, 0.4) is 0 Å². The number of carbonyl (C=O) groups is 2. The van der Waals surface area contributed by atoms with E-state index in [4.69, 9.17) is 4.74 Å². The van der Waals surface area contributed by atoms with Crippen LogP contribution in [0.25, 0.3) is 0 Å². The van der Waals surface area contributed by atoms with Gasteiger partial charge in [-0.1, -0.05) is 12.1 Å². The number of rotatable bonds is 5. The maximum absolute atomic E-state index is 12.8. The summed E-state index contributed by atoms with van der Waals surface area (Å²) >= 11 is 0. The van der Waals surface area contributed by atoms with E-state index in [9.17, 15) is 14.0 Å². The number of hydrogen-bond donors (Lipinski definition) is 2. The van der Waals surface area contributed by atoms with Crippen LogP contribution in [0.5, 0.6) is 11.5 Å². The number of halogens is 1. The summed E-state index contributed by atoms with van der Waals surface area (Å²) in [5.41, 5.74) is 0.916. The number of ether oxygens (including phenoxy) is 1. The first-order valence-electron chi connectivity index (χ1n) is 7.69. The van der Waals surface area contributed by atoms with Crippen molar-refractivity contribution in [1.82, 2.24) is 10.6 Å². The molecule has 5 nitrogen and oxygen atoms in total. The Kier molecular flexibility index (Phi) is 4.74. The summed E-state index contributed by atoms with van der Waals surface area (Å²) in [6.07, 6.45) is 0.933. The minimum absolute atomic E-state index is 0.0857. The van der Waals surface area contributed by atoms with Crippen LogP contribution in [0, 0.1) is 5.82 Å². The molecule has 2 amide bonds. The highest BCUT2D eigenvalue weighted by Crippen LogP contribution is 2.21. The third kappa shape index (κ3) is 4.10. The van der Waals surface area contributed by atoms with E-state index in [1.165, 1.54) is 12.1 Å². The normalized spacial score (nSPS) is 16.5. The van der Waals surface area contributed by atoms with Crippen LogP contribution in [0.1, 0.15) is 18.4 Å². The summed E-state index contributed by atoms with van der Waals surface area (Å²) in [5, 5.41) is 5.43. The lowest BCUT2D eigenvalue weighted by atomic mass is 10.2. The second kappa shape index (κ2) is 7.12. The van der Waals surface area contributed by atoms with E-state index in [1.54, 1.807) is 24.3 Å². The van der Waals surface area contributed by atoms with E-state index in [-0.39, 0.29) is 17.6 Å². The Hall–Kier alpha value is -2.89. The Bertz CT molecular complexity index is 729. The average molecular weight is 328 g/mol. The van der Waals surface area contributed by atoms with E-state index in [0.717, 1.165) is 5.56 Å². The van der Waals surface area contributed by atoms with Gasteiger partial charge in [-0.2, -0.15) is 0 Å². The molecule has 0 radical (unpaired) electrons. The summed E-state index contributed by atoms with van der Waals surface area (Å²) in [6.45, 7) is 0.377. The molecule has 124 valence electrons. The largest absolute Gasteiger partial charge is 0.457 e. The zero-order valence-electron chi connectivity index (χ0n) is 12.9. The Morgan fingerprint density at radius 3 is 2.33 bits per heavy atom. The molecule has 2 N–H and O–H groups in total. The number of carbonyl (C=O) groups excluding carboxylic acids is 2. The SMILES string of the molecule is O=C1CC[C@@H](C(=O)NCc2ccc(Oc3ccc(F)cc3)cc2)N1. The topological polar surface area (TPSA) is 67.4 Å². The average Bonchev–Trinajstić information content (AvgIpc) is 3.03. The number of nitrogens with one attached hydrogen (secondary N) is 2. The summed E-state index contributed by atoms with van der Waals surface area (Å²) in [4.78, 5) is 23.0. The van der Waals surface area contributed by atoms with Gasteiger partial charge in [0, 0.05) is 13.0 Å². The summed E-state index contributed by atoms with van der Waals surface area (Å²) in [5.74, 6) is 0.603. The van der Waals surface area contributed by atoms with Crippen molar-refractivity contribution in [3.63, 3.8) is 0 Å². The molecule has 2 aromatic carbocycles. The van der Waals surface area contributed by atoms with Gasteiger partial charge in [0.25, 0.3) is 0 Å². The van der Waals surface area contributed by atoms with Gasteiger partial charge in [-0.25, -0.2) is 4.39 Å². The molecule has 3 rings (SSSR count). The molecule has 24 heavy (non-hydrogen) atoms. The van der Waals surface area contributed by atoms with E-state index in [1.807, 2.05) is 12.1 Å². The van der Waals surface area contributed by atoms with Gasteiger partial charge in [0.05, 0.1) is 0 Å². The smallest absolute Gasteiger partial charge is 0.242 e. The molecule has 1 aliphatic heterocycles. The molecule has 0 spiro atoms. The highest BCUT2D eigenvalue weighted by molar-refractivity contribution is 5.90. The maximum atomic E-state index is 12.8. The predicted molar refractivity (Wildman–Crippen MR) is 85.9 cm³/mol. The number of benzene rings is 2. The first kappa shape index (κ1) is 16.0. The Labute approximate surface area is 138 Å². The predicted octanol–water partition coefficient (Wildman–Crippen LogP) is 2.51. The van der Waals surface area contributed by atoms with Crippen molar-refractivity contribution in [2.45, 2.75) is 25.4 Å². The van der Waals surface area contributed by atoms with Gasteiger partial charge >= 0.3 is 0 Å². The third-order valence-corrected chi connectivity index (χ3v) is 3.75. The van der Waals surface area contributed by atoms with Crippen molar-refractivity contribution >= 4 is 11.8 Å². The molecule has 6 heteroatoms. The molecule has 1 heterocycles. The van der Waals surface area contributed by atoms with Gasteiger partial charge in [-0.15, -0.1) is 0 Å². The van der Waals surface area contributed by atoms with Gasteiger partial charge < -0.3 is 15.4 Å². The molecule has 1 saturated heterocycles. The van der Waals surface area contributed by atoms with E-state index >= 15 is 0 Å². The van der Waals surface area contributed by atoms with E-state index < -0.39 is 6.04 Å². The van der Waals surface area contributed by atoms with Crippen LogP contribution < -0.4 is 15.4 Å². The summed E-state index contributed by atoms with van der Waals surface area (Å²) in [7, 11) is 0. The van der Waals surface area contributed by atoms with Crippen LogP contribution in [0.2, 0.25) is 0 Å². The minimum atomic E-state index is -0.432. The first-order valence-corrected chi connectivity index (χ1v) is 7.69. The van der Waals surface area contributed by atoms with Crippen molar-refractivity contribution in [3.05, 3.63) is 59.9 Å². The van der Waals surface area contributed by atoms with Crippen molar-refractivity contribution in [2.24, 2.45) is 0 Å². The fourth-order valence-corrected chi connectivity index (χ4v) is 2.44. The highest BCUT2D eigenvalue weighted by atomic mass is 19.1. The lowest BCUT2D eigenvalue weighted by molar-refractivity contribution is -0.125. The lowest BCUT2D eigenvalue weighted by Gasteiger charge is -2.11. The van der Waals surface area contributed by atoms with Crippen LogP contribution >= 0.6 is 0 Å². The molecule has 2 aromatic rings. The highest BCUT2D eigenvalue weighted by Gasteiger charge is 2.26. The van der Waals surface area contributed by atoms with Gasteiger partial charge in [0.1, 0.15) is 23.4 Å². The Balaban J connectivity index is 1.52. The van der Waals surface area contributed by atoms with Crippen LogP contribution in [-0.4, -0.2) is 17.9 Å². The second-order valence-electron chi connectivity index (χ2n) is 5.58. The quantitative estimate of drug-likeness (QED) is 0.886. The number of hydrogen-bond acceptors (Lipinski definition) is 3. The van der Waals surface area contributed by atoms with Crippen molar-refractivity contribution < 1.29 is 18.7 Å². The van der Waals surface area contributed by atoms with Crippen LogP contribution in [-0.2, 0) is 16.1 Å². The lowest BCUT2D eigenvalue weighted by Crippen LogP contribution is -2.41. The summed E-state index contributed by atoms with van der Waals surface area (Å²) in [6, 6.07) is 12.6. The fraction of sp³-hybridized carbons (Fsp3) is 0.222. The minimum Gasteiger partial charge on any atom is -0.457 e. The van der Waals surface area contributed by atoms with Gasteiger partial charge in [-0.3, -0.25) is 9.59 Å². The maximum Gasteiger partial charge on any atom is 0.242 e. The molecule has 0 unspecified atom stereocenters. The molecule has 1 aliphatic rings. The monoisotopic (exact) mass is 328 g/mol. The molecule has 1 fully saturated rings. The molecular formula is C18H17FN2O3. The Morgan fingerprint density at radius 2 is 1.75 bits per heavy atom. The van der Waals surface area contributed by atoms with Crippen molar-refractivity contribution in [3.8, 4) is 11.5 Å². The van der Waals surface area contributed by atoms with Gasteiger partial charge in [-0.05, 0) is 48.4 Å². The molecule has 1 atom stereocenters. The fourth-order valence-electron chi connectivity index (χ4n) is 2.44. The second-order valence-corrected chi connectivity index (χ2v) is 5.58. The molecular weight excluding hydrogens is 311 g/mol. The molecule has 0 saturated carbocycles. The molecule has 0 bridgehead atoms. The van der Waals surface area contributed by atoms with Crippen molar-refractivity contribution in [1.29, 1.82) is 0 Å².